The zero-order valence-corrected chi connectivity index (χ0v) is 15.9. The van der Waals surface area contributed by atoms with Crippen molar-refractivity contribution in [3.8, 4) is 28.5 Å². The molecule has 2 N–H and O–H groups in total. The topological polar surface area (TPSA) is 92.7 Å². The number of halogens is 1. The van der Waals surface area contributed by atoms with Crippen molar-refractivity contribution in [3.63, 3.8) is 0 Å². The van der Waals surface area contributed by atoms with Gasteiger partial charge in [0.25, 0.3) is 0 Å². The highest BCUT2D eigenvalue weighted by Gasteiger charge is 2.18. The van der Waals surface area contributed by atoms with Crippen LogP contribution in [0.5, 0.6) is 0 Å². The predicted molar refractivity (Wildman–Crippen MR) is 107 cm³/mol. The molecule has 5 nitrogen and oxygen atoms in total. The molecular formula is C21H17ClN4O. The summed E-state index contributed by atoms with van der Waals surface area (Å²) in [4.78, 5) is 20.7. The Hall–Kier alpha value is -3.23. The Bertz CT molecular complexity index is 1100. The highest BCUT2D eigenvalue weighted by molar-refractivity contribution is 6.29. The molecule has 1 aromatic carbocycles. The summed E-state index contributed by atoms with van der Waals surface area (Å²) in [6, 6.07) is 12.9. The molecular weight excluding hydrogens is 360 g/mol. The second kappa shape index (κ2) is 7.18. The first kappa shape index (κ1) is 18.6. The highest BCUT2D eigenvalue weighted by atomic mass is 35.5. The second-order valence-electron chi connectivity index (χ2n) is 6.28. The number of carbonyl (C=O) groups excluding carboxylic acids is 1. The number of nitrogens with zero attached hydrogens (tertiary/aromatic N) is 3. The second-order valence-corrected chi connectivity index (χ2v) is 6.67. The van der Waals surface area contributed by atoms with Crippen LogP contribution in [0.4, 0.5) is 5.82 Å². The van der Waals surface area contributed by atoms with E-state index >= 15 is 0 Å². The molecule has 2 heterocycles. The molecule has 0 spiro atoms. The van der Waals surface area contributed by atoms with E-state index in [0.29, 0.717) is 27.5 Å². The zero-order valence-electron chi connectivity index (χ0n) is 15.2. The average molecular weight is 377 g/mol. The summed E-state index contributed by atoms with van der Waals surface area (Å²) in [5.74, 6) is -0.0212. The van der Waals surface area contributed by atoms with Gasteiger partial charge in [-0.1, -0.05) is 23.7 Å². The molecule has 0 aliphatic carbocycles. The van der Waals surface area contributed by atoms with Crippen LogP contribution < -0.4 is 5.73 Å². The number of anilines is 1. The van der Waals surface area contributed by atoms with E-state index in [1.54, 1.807) is 24.3 Å². The average Bonchev–Trinajstić information content (AvgIpc) is 2.60. The molecule has 3 aromatic rings. The van der Waals surface area contributed by atoms with Gasteiger partial charge in [-0.05, 0) is 56.2 Å². The van der Waals surface area contributed by atoms with E-state index < -0.39 is 0 Å². The van der Waals surface area contributed by atoms with Gasteiger partial charge in [0.1, 0.15) is 11.0 Å². The lowest BCUT2D eigenvalue weighted by Gasteiger charge is -2.15. The van der Waals surface area contributed by atoms with Gasteiger partial charge in [0.05, 0.1) is 22.9 Å². The first-order chi connectivity index (χ1) is 12.8. The minimum atomic E-state index is -0.174. The molecule has 0 aliphatic heterocycles. The van der Waals surface area contributed by atoms with Gasteiger partial charge in [-0.3, -0.25) is 4.79 Å². The van der Waals surface area contributed by atoms with Crippen LogP contribution >= 0.6 is 11.6 Å². The van der Waals surface area contributed by atoms with E-state index in [0.717, 1.165) is 22.4 Å². The maximum Gasteiger partial charge on any atom is 0.163 e. The molecule has 0 bridgehead atoms. The quantitative estimate of drug-likeness (QED) is 0.526. The smallest absolute Gasteiger partial charge is 0.163 e. The van der Waals surface area contributed by atoms with E-state index in [1.165, 1.54) is 6.92 Å². The first-order valence-corrected chi connectivity index (χ1v) is 8.65. The molecule has 0 fully saturated rings. The predicted octanol–water partition coefficient (Wildman–Crippen LogP) is 4.74. The molecule has 27 heavy (non-hydrogen) atoms. The number of Topliss-reactive ketones (excluding diaryl/α,β-unsaturated/α-hetero) is 1. The van der Waals surface area contributed by atoms with Crippen LogP contribution in [-0.2, 0) is 0 Å². The van der Waals surface area contributed by atoms with Crippen molar-refractivity contribution in [2.24, 2.45) is 0 Å². The third kappa shape index (κ3) is 3.53. The molecule has 0 aliphatic rings. The van der Waals surface area contributed by atoms with Crippen LogP contribution in [0.3, 0.4) is 0 Å². The van der Waals surface area contributed by atoms with Crippen molar-refractivity contribution in [3.05, 3.63) is 63.9 Å². The van der Waals surface area contributed by atoms with Crippen molar-refractivity contribution >= 4 is 23.2 Å². The van der Waals surface area contributed by atoms with Crippen molar-refractivity contribution < 1.29 is 4.79 Å². The standard InChI is InChI=1S/C21H17ClN4O/c1-11-7-15(8-19(22)25-11)18-9-17(13(3)27)21(24)26-20(18)16-6-4-5-14(10-23)12(16)2/h4-9H,1-3H3,(H2,24,26). The van der Waals surface area contributed by atoms with E-state index in [1.807, 2.05) is 26.0 Å². The molecule has 0 saturated heterocycles. The summed E-state index contributed by atoms with van der Waals surface area (Å²) in [5.41, 5.74) is 11.3. The summed E-state index contributed by atoms with van der Waals surface area (Å²) in [5, 5.41) is 9.70. The minimum Gasteiger partial charge on any atom is -0.383 e. The molecule has 6 heteroatoms. The fourth-order valence-corrected chi connectivity index (χ4v) is 3.28. The monoisotopic (exact) mass is 376 g/mol. The Labute approximate surface area is 162 Å². The number of aryl methyl sites for hydroxylation is 1. The molecule has 0 atom stereocenters. The van der Waals surface area contributed by atoms with Crippen LogP contribution in [0.1, 0.15) is 34.1 Å². The van der Waals surface area contributed by atoms with Crippen LogP contribution in [0, 0.1) is 25.2 Å². The Morgan fingerprint density at radius 3 is 2.52 bits per heavy atom. The number of hydrogen-bond donors (Lipinski definition) is 1. The van der Waals surface area contributed by atoms with Crippen molar-refractivity contribution in [1.29, 1.82) is 5.26 Å². The van der Waals surface area contributed by atoms with E-state index in [9.17, 15) is 10.1 Å². The normalized spacial score (nSPS) is 10.5. The number of aromatic nitrogens is 2. The van der Waals surface area contributed by atoms with Gasteiger partial charge in [0.15, 0.2) is 5.78 Å². The Balaban J connectivity index is 2.39. The van der Waals surface area contributed by atoms with Crippen LogP contribution in [0.2, 0.25) is 5.15 Å². The van der Waals surface area contributed by atoms with Gasteiger partial charge < -0.3 is 5.73 Å². The lowest BCUT2D eigenvalue weighted by molar-refractivity contribution is 0.101. The van der Waals surface area contributed by atoms with Crippen molar-refractivity contribution in [2.75, 3.05) is 5.73 Å². The van der Waals surface area contributed by atoms with Gasteiger partial charge in [-0.15, -0.1) is 0 Å². The lowest BCUT2D eigenvalue weighted by Crippen LogP contribution is -2.06. The molecule has 0 unspecified atom stereocenters. The van der Waals surface area contributed by atoms with Gasteiger partial charge >= 0.3 is 0 Å². The van der Waals surface area contributed by atoms with Gasteiger partial charge in [-0.25, -0.2) is 9.97 Å². The fourth-order valence-electron chi connectivity index (χ4n) is 3.03. The van der Waals surface area contributed by atoms with Crippen LogP contribution in [0.15, 0.2) is 36.4 Å². The minimum absolute atomic E-state index is 0.153. The van der Waals surface area contributed by atoms with Crippen molar-refractivity contribution in [1.82, 2.24) is 9.97 Å². The molecule has 0 radical (unpaired) electrons. The Morgan fingerprint density at radius 2 is 1.89 bits per heavy atom. The van der Waals surface area contributed by atoms with E-state index in [4.69, 9.17) is 17.3 Å². The SMILES string of the molecule is CC(=O)c1cc(-c2cc(C)nc(Cl)c2)c(-c2cccc(C#N)c2C)nc1N. The third-order valence-corrected chi connectivity index (χ3v) is 4.57. The number of hydrogen-bond acceptors (Lipinski definition) is 5. The number of rotatable bonds is 3. The largest absolute Gasteiger partial charge is 0.383 e. The van der Waals surface area contributed by atoms with Gasteiger partial charge in [-0.2, -0.15) is 5.26 Å². The van der Waals surface area contributed by atoms with Gasteiger partial charge in [0, 0.05) is 16.8 Å². The lowest BCUT2D eigenvalue weighted by atomic mass is 9.93. The molecule has 0 amide bonds. The number of benzene rings is 1. The number of nitrogens with two attached hydrogens (primary N) is 1. The molecule has 3 rings (SSSR count). The number of nitrogen functional groups attached to an aromatic ring is 1. The van der Waals surface area contributed by atoms with E-state index in [-0.39, 0.29) is 11.6 Å². The number of pyridine rings is 2. The van der Waals surface area contributed by atoms with Crippen LogP contribution in [0.25, 0.3) is 22.4 Å². The first-order valence-electron chi connectivity index (χ1n) is 8.28. The number of ketones is 1. The highest BCUT2D eigenvalue weighted by Crippen LogP contribution is 2.36. The van der Waals surface area contributed by atoms with Crippen molar-refractivity contribution in [2.45, 2.75) is 20.8 Å². The summed E-state index contributed by atoms with van der Waals surface area (Å²) < 4.78 is 0. The number of nitriles is 1. The zero-order chi connectivity index (χ0) is 19.7. The maximum absolute atomic E-state index is 12.0. The molecule has 0 saturated carbocycles. The maximum atomic E-state index is 12.0. The summed E-state index contributed by atoms with van der Waals surface area (Å²) >= 11 is 6.14. The molecule has 134 valence electrons. The summed E-state index contributed by atoms with van der Waals surface area (Å²) in [7, 11) is 0. The third-order valence-electron chi connectivity index (χ3n) is 4.37. The Morgan fingerprint density at radius 1 is 1.15 bits per heavy atom. The number of carbonyl (C=O) groups is 1. The van der Waals surface area contributed by atoms with E-state index in [2.05, 4.69) is 16.0 Å². The summed E-state index contributed by atoms with van der Waals surface area (Å²) in [6.07, 6.45) is 0. The van der Waals surface area contributed by atoms with Crippen LogP contribution in [-0.4, -0.2) is 15.8 Å². The Kier molecular flexibility index (Phi) is 4.93. The van der Waals surface area contributed by atoms with Gasteiger partial charge in [0.2, 0.25) is 0 Å². The molecule has 2 aromatic heterocycles. The summed E-state index contributed by atoms with van der Waals surface area (Å²) in [6.45, 7) is 5.15. The fraction of sp³-hybridized carbons (Fsp3) is 0.143.